The van der Waals surface area contributed by atoms with Gasteiger partial charge in [-0.3, -0.25) is 9.59 Å². The van der Waals surface area contributed by atoms with Crippen LogP contribution in [-0.4, -0.2) is 47.4 Å². The van der Waals surface area contributed by atoms with Crippen LogP contribution in [-0.2, 0) is 14.3 Å². The largest absolute Gasteiger partial charge is 0.466 e. The van der Waals surface area contributed by atoms with Crippen LogP contribution in [0, 0.1) is 0 Å². The van der Waals surface area contributed by atoms with E-state index in [1.165, 1.54) is 218 Å². The summed E-state index contributed by atoms with van der Waals surface area (Å²) < 4.78 is 5.44. The molecule has 0 aromatic carbocycles. The fraction of sp³-hybridized carbons (Fsp3) is 0.897. The lowest BCUT2D eigenvalue weighted by molar-refractivity contribution is -0.143. The van der Waals surface area contributed by atoms with Crippen LogP contribution in [0.25, 0.3) is 0 Å². The lowest BCUT2D eigenvalue weighted by atomic mass is 10.0. The number of carbonyl (C=O) groups is 2. The van der Waals surface area contributed by atoms with Gasteiger partial charge in [-0.2, -0.15) is 0 Å². The van der Waals surface area contributed by atoms with Gasteiger partial charge in [-0.25, -0.2) is 0 Å². The third-order valence-corrected chi connectivity index (χ3v) is 13.3. The molecule has 2 atom stereocenters. The Hall–Kier alpha value is -1.66. The Morgan fingerprint density at radius 3 is 1.22 bits per heavy atom. The van der Waals surface area contributed by atoms with E-state index in [4.69, 9.17) is 4.74 Å². The van der Waals surface area contributed by atoms with E-state index in [1.54, 1.807) is 0 Å². The van der Waals surface area contributed by atoms with Crippen molar-refractivity contribution in [1.82, 2.24) is 5.32 Å². The first-order chi connectivity index (χ1) is 31.5. The van der Waals surface area contributed by atoms with Gasteiger partial charge in [-0.15, -0.1) is 0 Å². The maximum absolute atomic E-state index is 12.5. The molecule has 0 aromatic heterocycles. The van der Waals surface area contributed by atoms with Gasteiger partial charge in [-0.05, 0) is 44.9 Å². The molecule has 0 saturated heterocycles. The van der Waals surface area contributed by atoms with Crippen molar-refractivity contribution in [3.05, 3.63) is 24.3 Å². The van der Waals surface area contributed by atoms with E-state index >= 15 is 0 Å². The molecular formula is C58H111NO5. The summed E-state index contributed by atoms with van der Waals surface area (Å²) in [5.74, 6) is -0.129. The summed E-state index contributed by atoms with van der Waals surface area (Å²) in [5.41, 5.74) is 0. The Labute approximate surface area is 399 Å². The van der Waals surface area contributed by atoms with Crippen molar-refractivity contribution in [3.8, 4) is 0 Å². The van der Waals surface area contributed by atoms with Gasteiger partial charge in [0, 0.05) is 12.8 Å². The van der Waals surface area contributed by atoms with Crippen molar-refractivity contribution in [1.29, 1.82) is 0 Å². The number of aliphatic hydroxyl groups is 2. The highest BCUT2D eigenvalue weighted by atomic mass is 16.5. The van der Waals surface area contributed by atoms with Crippen molar-refractivity contribution in [2.24, 2.45) is 0 Å². The number of nitrogens with one attached hydrogen (secondary N) is 1. The van der Waals surface area contributed by atoms with Crippen LogP contribution >= 0.6 is 0 Å². The molecule has 0 aromatic rings. The smallest absolute Gasteiger partial charge is 0.305 e. The molecule has 378 valence electrons. The van der Waals surface area contributed by atoms with Gasteiger partial charge in [0.25, 0.3) is 0 Å². The number of hydrogen-bond donors (Lipinski definition) is 3. The van der Waals surface area contributed by atoms with Gasteiger partial charge in [0.15, 0.2) is 0 Å². The van der Waals surface area contributed by atoms with Crippen molar-refractivity contribution in [2.45, 2.75) is 321 Å². The van der Waals surface area contributed by atoms with E-state index in [1.807, 2.05) is 6.08 Å². The lowest BCUT2D eigenvalue weighted by Crippen LogP contribution is -2.45. The summed E-state index contributed by atoms with van der Waals surface area (Å²) in [7, 11) is 0. The molecule has 0 saturated carbocycles. The number of ether oxygens (including phenoxy) is 1. The average molecular weight is 903 g/mol. The van der Waals surface area contributed by atoms with Crippen LogP contribution in [0.2, 0.25) is 0 Å². The van der Waals surface area contributed by atoms with E-state index in [9.17, 15) is 19.8 Å². The molecule has 0 fully saturated rings. The minimum atomic E-state index is -0.699. The molecular weight excluding hydrogens is 791 g/mol. The molecule has 0 aliphatic rings. The zero-order valence-corrected chi connectivity index (χ0v) is 43.0. The lowest BCUT2D eigenvalue weighted by Gasteiger charge is -2.22. The Morgan fingerprint density at radius 2 is 0.797 bits per heavy atom. The molecule has 0 aliphatic carbocycles. The first-order valence-electron chi connectivity index (χ1n) is 28.6. The predicted molar refractivity (Wildman–Crippen MR) is 278 cm³/mol. The third-order valence-electron chi connectivity index (χ3n) is 13.3. The number of rotatable bonds is 53. The highest BCUT2D eigenvalue weighted by molar-refractivity contribution is 5.76. The summed E-state index contributed by atoms with van der Waals surface area (Å²) in [4.78, 5) is 24.4. The molecule has 0 aliphatic heterocycles. The van der Waals surface area contributed by atoms with Gasteiger partial charge in [0.2, 0.25) is 5.91 Å². The average Bonchev–Trinajstić information content (AvgIpc) is 3.29. The fourth-order valence-corrected chi connectivity index (χ4v) is 8.87. The quantitative estimate of drug-likeness (QED) is 0.0321. The number of allylic oxidation sites excluding steroid dienone is 4. The first-order valence-corrected chi connectivity index (χ1v) is 28.6. The van der Waals surface area contributed by atoms with Crippen LogP contribution in [0.4, 0.5) is 0 Å². The number of unbranched alkanes of at least 4 members (excludes halogenated alkanes) is 38. The molecule has 6 heteroatoms. The summed E-state index contributed by atoms with van der Waals surface area (Å²) in [6.07, 6.45) is 64.7. The number of amides is 1. The van der Waals surface area contributed by atoms with Gasteiger partial charge in [0.1, 0.15) is 0 Å². The molecule has 0 bridgehead atoms. The second-order valence-electron chi connectivity index (χ2n) is 19.6. The standard InChI is InChI=1S/C58H111NO5/c1-3-5-7-9-11-13-15-16-17-18-19-20-21-22-23-24-25-27-31-34-38-42-46-50-56(61)55(54-60)59-57(62)51-47-43-39-35-32-28-26-29-33-37-41-45-49-53-64-58(63)52-48-44-40-36-30-14-12-10-8-6-4-2/h28,32,39,43,55-56,60-61H,3-27,29-31,33-38,40-42,44-54H2,1-2H3,(H,59,62)/b32-28-,43-39-. The molecule has 6 nitrogen and oxygen atoms in total. The van der Waals surface area contributed by atoms with Crippen LogP contribution in [0.15, 0.2) is 24.3 Å². The number of hydrogen-bond acceptors (Lipinski definition) is 5. The minimum Gasteiger partial charge on any atom is -0.466 e. The van der Waals surface area contributed by atoms with Crippen molar-refractivity contribution < 1.29 is 24.5 Å². The monoisotopic (exact) mass is 902 g/mol. The maximum Gasteiger partial charge on any atom is 0.305 e. The van der Waals surface area contributed by atoms with E-state index in [2.05, 4.69) is 37.4 Å². The molecule has 1 amide bonds. The molecule has 2 unspecified atom stereocenters. The highest BCUT2D eigenvalue weighted by Gasteiger charge is 2.19. The van der Waals surface area contributed by atoms with Crippen LogP contribution in [0.3, 0.4) is 0 Å². The zero-order valence-electron chi connectivity index (χ0n) is 43.0. The number of carbonyl (C=O) groups excluding carboxylic acids is 2. The van der Waals surface area contributed by atoms with Crippen molar-refractivity contribution in [2.75, 3.05) is 13.2 Å². The SMILES string of the molecule is CCCCCCCCCCCCCCCCCCCCCCCCCC(O)C(CO)NC(=O)CC/C=C\C/C=C\CCCCCCCCOC(=O)CCCCCCCCCCCCC. The topological polar surface area (TPSA) is 95.9 Å². The van der Waals surface area contributed by atoms with E-state index in [-0.39, 0.29) is 18.5 Å². The fourth-order valence-electron chi connectivity index (χ4n) is 8.87. The van der Waals surface area contributed by atoms with Crippen LogP contribution in [0.5, 0.6) is 0 Å². The van der Waals surface area contributed by atoms with E-state index < -0.39 is 12.1 Å². The van der Waals surface area contributed by atoms with Crippen LogP contribution < -0.4 is 5.32 Å². The second kappa shape index (κ2) is 54.0. The molecule has 0 radical (unpaired) electrons. The number of esters is 1. The summed E-state index contributed by atoms with van der Waals surface area (Å²) in [6, 6.07) is -0.586. The molecule has 3 N–H and O–H groups in total. The molecule has 0 spiro atoms. The van der Waals surface area contributed by atoms with Gasteiger partial charge in [0.05, 0.1) is 25.4 Å². The second-order valence-corrected chi connectivity index (χ2v) is 19.6. The summed E-state index contributed by atoms with van der Waals surface area (Å²) >= 11 is 0. The van der Waals surface area contributed by atoms with Gasteiger partial charge < -0.3 is 20.3 Å². The van der Waals surface area contributed by atoms with Gasteiger partial charge >= 0.3 is 5.97 Å². The van der Waals surface area contributed by atoms with Gasteiger partial charge in [-0.1, -0.05) is 276 Å². The third kappa shape index (κ3) is 49.8. The van der Waals surface area contributed by atoms with Crippen molar-refractivity contribution >= 4 is 11.9 Å². The predicted octanol–water partition coefficient (Wildman–Crippen LogP) is 17.5. The molecule has 0 heterocycles. The molecule has 64 heavy (non-hydrogen) atoms. The zero-order chi connectivity index (χ0) is 46.5. The molecule has 0 rings (SSSR count). The summed E-state index contributed by atoms with van der Waals surface area (Å²) in [6.45, 7) is 4.90. The van der Waals surface area contributed by atoms with Crippen LogP contribution in [0.1, 0.15) is 309 Å². The first kappa shape index (κ1) is 62.3. The Morgan fingerprint density at radius 1 is 0.438 bits per heavy atom. The highest BCUT2D eigenvalue weighted by Crippen LogP contribution is 2.17. The Kier molecular flexibility index (Phi) is 52.6. The van der Waals surface area contributed by atoms with E-state index in [0.29, 0.717) is 32.3 Å². The van der Waals surface area contributed by atoms with Crippen molar-refractivity contribution in [3.63, 3.8) is 0 Å². The normalized spacial score (nSPS) is 12.8. The van der Waals surface area contributed by atoms with E-state index in [0.717, 1.165) is 51.4 Å². The minimum absolute atomic E-state index is 0.0167. The Balaban J connectivity index is 3.53. The number of aliphatic hydroxyl groups excluding tert-OH is 2. The Bertz CT molecular complexity index is 997. The summed E-state index contributed by atoms with van der Waals surface area (Å²) in [5, 5.41) is 23.3. The maximum atomic E-state index is 12.5.